The van der Waals surface area contributed by atoms with Crippen molar-refractivity contribution in [3.05, 3.63) is 51.2 Å². The fraction of sp³-hybridized carbons (Fsp3) is 0.450. The topological polar surface area (TPSA) is 104 Å². The molecule has 1 saturated heterocycles. The Morgan fingerprint density at radius 3 is 2.83 bits per heavy atom. The largest absolute Gasteiger partial charge is 0.476 e. The van der Waals surface area contributed by atoms with Gasteiger partial charge in [-0.1, -0.05) is 18.2 Å². The van der Waals surface area contributed by atoms with Gasteiger partial charge in [-0.2, -0.15) is 8.42 Å². The summed E-state index contributed by atoms with van der Waals surface area (Å²) >= 11 is 0. The van der Waals surface area contributed by atoms with Gasteiger partial charge in [0.25, 0.3) is 10.1 Å². The van der Waals surface area contributed by atoms with Crippen molar-refractivity contribution in [3.8, 4) is 17.1 Å². The van der Waals surface area contributed by atoms with Gasteiger partial charge >= 0.3 is 0 Å². The monoisotopic (exact) mass is 421 g/mol. The standard InChI is InChI=1S/C20H23NO7S/c1-13-18(22)9-19(28-11-16-10-26-6-7-27-16)21-5-4-15-8-14(12-29(23,24)25)2-3-17(15)20(13)21/h2-3,8-9,16H,4-7,10-12H2,1H3,(H,23,24,25)/t16-/m0/s1. The molecule has 8 nitrogen and oxygen atoms in total. The lowest BCUT2D eigenvalue weighted by Gasteiger charge is -2.28. The van der Waals surface area contributed by atoms with Crippen LogP contribution in [0.15, 0.2) is 29.1 Å². The zero-order valence-electron chi connectivity index (χ0n) is 16.1. The second-order valence-corrected chi connectivity index (χ2v) is 8.77. The Kier molecular flexibility index (Phi) is 5.48. The molecule has 29 heavy (non-hydrogen) atoms. The highest BCUT2D eigenvalue weighted by molar-refractivity contribution is 7.85. The minimum atomic E-state index is -4.10. The zero-order valence-corrected chi connectivity index (χ0v) is 16.9. The van der Waals surface area contributed by atoms with Gasteiger partial charge < -0.3 is 18.8 Å². The number of rotatable bonds is 5. The normalized spacial score (nSPS) is 18.8. The van der Waals surface area contributed by atoms with Crippen molar-refractivity contribution in [2.45, 2.75) is 31.7 Å². The Morgan fingerprint density at radius 2 is 2.10 bits per heavy atom. The average molecular weight is 421 g/mol. The molecule has 0 unspecified atom stereocenters. The van der Waals surface area contributed by atoms with Gasteiger partial charge in [-0.3, -0.25) is 9.35 Å². The van der Waals surface area contributed by atoms with Crippen LogP contribution in [0, 0.1) is 6.92 Å². The quantitative estimate of drug-likeness (QED) is 0.731. The number of hydrogen-bond acceptors (Lipinski definition) is 6. The lowest BCUT2D eigenvalue weighted by Crippen LogP contribution is -2.34. The van der Waals surface area contributed by atoms with Crippen LogP contribution in [0.2, 0.25) is 0 Å². The first kappa shape index (κ1) is 20.1. The molecule has 1 fully saturated rings. The maximum Gasteiger partial charge on any atom is 0.269 e. The second-order valence-electron chi connectivity index (χ2n) is 7.32. The number of aryl methyl sites for hydroxylation is 1. The predicted octanol–water partition coefficient (Wildman–Crippen LogP) is 1.56. The van der Waals surface area contributed by atoms with Crippen molar-refractivity contribution in [2.24, 2.45) is 0 Å². The highest BCUT2D eigenvalue weighted by atomic mass is 32.2. The molecule has 1 atom stereocenters. The molecule has 4 rings (SSSR count). The minimum absolute atomic E-state index is 0.123. The molecule has 0 spiro atoms. The molecule has 156 valence electrons. The third kappa shape index (κ3) is 4.37. The molecule has 0 amide bonds. The van der Waals surface area contributed by atoms with Gasteiger partial charge in [0.15, 0.2) is 11.3 Å². The first-order valence-corrected chi connectivity index (χ1v) is 11.1. The first-order valence-electron chi connectivity index (χ1n) is 9.46. The zero-order chi connectivity index (χ0) is 20.6. The molecule has 2 aliphatic rings. The maximum atomic E-state index is 12.6. The van der Waals surface area contributed by atoms with Gasteiger partial charge in [0, 0.05) is 23.7 Å². The van der Waals surface area contributed by atoms with E-state index in [0.29, 0.717) is 56.4 Å². The first-order chi connectivity index (χ1) is 13.8. The SMILES string of the molecule is Cc1c2n(c(OC[C@@H]3COCCO3)cc1=O)CCc1cc(CS(=O)(=O)O)ccc1-2. The van der Waals surface area contributed by atoms with Crippen molar-refractivity contribution < 1.29 is 27.2 Å². The minimum Gasteiger partial charge on any atom is -0.476 e. The molecular weight excluding hydrogens is 398 g/mol. The van der Waals surface area contributed by atoms with Gasteiger partial charge in [0.2, 0.25) is 0 Å². The van der Waals surface area contributed by atoms with Crippen LogP contribution >= 0.6 is 0 Å². The lowest BCUT2D eigenvalue weighted by atomic mass is 9.93. The summed E-state index contributed by atoms with van der Waals surface area (Å²) in [5.41, 5.74) is 3.58. The Balaban J connectivity index is 1.68. The average Bonchev–Trinajstić information content (AvgIpc) is 2.68. The summed E-state index contributed by atoms with van der Waals surface area (Å²) in [5, 5.41) is 0. The van der Waals surface area contributed by atoms with E-state index in [1.807, 2.05) is 4.57 Å². The molecule has 2 aromatic rings. The van der Waals surface area contributed by atoms with E-state index in [-0.39, 0.29) is 11.5 Å². The van der Waals surface area contributed by atoms with Crippen molar-refractivity contribution in [1.82, 2.24) is 4.57 Å². The number of aromatic nitrogens is 1. The van der Waals surface area contributed by atoms with Crippen LogP contribution in [0.4, 0.5) is 0 Å². The number of benzene rings is 1. The van der Waals surface area contributed by atoms with Crippen LogP contribution in [0.5, 0.6) is 5.88 Å². The molecule has 0 aliphatic carbocycles. The summed E-state index contributed by atoms with van der Waals surface area (Å²) < 4.78 is 50.4. The van der Waals surface area contributed by atoms with Gasteiger partial charge in [0.05, 0.1) is 25.5 Å². The van der Waals surface area contributed by atoms with Crippen molar-refractivity contribution in [3.63, 3.8) is 0 Å². The Labute approximate surface area is 168 Å². The fourth-order valence-electron chi connectivity index (χ4n) is 3.85. The third-order valence-corrected chi connectivity index (χ3v) is 5.89. The highest BCUT2D eigenvalue weighted by Gasteiger charge is 2.24. The molecular formula is C20H23NO7S. The smallest absolute Gasteiger partial charge is 0.269 e. The van der Waals surface area contributed by atoms with E-state index in [1.165, 1.54) is 6.07 Å². The van der Waals surface area contributed by atoms with Crippen LogP contribution in [0.25, 0.3) is 11.3 Å². The Morgan fingerprint density at radius 1 is 1.28 bits per heavy atom. The van der Waals surface area contributed by atoms with E-state index in [2.05, 4.69) is 0 Å². The van der Waals surface area contributed by atoms with E-state index in [1.54, 1.807) is 25.1 Å². The Hall–Kier alpha value is -2.20. The Bertz CT molecular complexity index is 1080. The molecule has 3 heterocycles. The molecule has 9 heteroatoms. The highest BCUT2D eigenvalue weighted by Crippen LogP contribution is 2.34. The van der Waals surface area contributed by atoms with Crippen LogP contribution in [0.1, 0.15) is 16.7 Å². The summed E-state index contributed by atoms with van der Waals surface area (Å²) in [7, 11) is -4.10. The molecule has 1 N–H and O–H groups in total. The van der Waals surface area contributed by atoms with E-state index in [0.717, 1.165) is 16.8 Å². The third-order valence-electron chi connectivity index (χ3n) is 5.20. The molecule has 0 radical (unpaired) electrons. The van der Waals surface area contributed by atoms with Gasteiger partial charge in [-0.15, -0.1) is 0 Å². The summed E-state index contributed by atoms with van der Waals surface area (Å²) in [4.78, 5) is 12.6. The molecule has 1 aromatic carbocycles. The predicted molar refractivity (Wildman–Crippen MR) is 106 cm³/mol. The summed E-state index contributed by atoms with van der Waals surface area (Å²) in [6.45, 7) is 4.23. The van der Waals surface area contributed by atoms with E-state index in [4.69, 9.17) is 18.8 Å². The number of pyridine rings is 1. The van der Waals surface area contributed by atoms with Crippen LogP contribution in [-0.4, -0.2) is 50.1 Å². The van der Waals surface area contributed by atoms with Crippen LogP contribution < -0.4 is 10.2 Å². The number of nitrogens with zero attached hydrogens (tertiary/aromatic N) is 1. The summed E-state index contributed by atoms with van der Waals surface area (Å²) in [5.74, 6) is 0.0519. The van der Waals surface area contributed by atoms with Crippen molar-refractivity contribution >= 4 is 10.1 Å². The van der Waals surface area contributed by atoms with Gasteiger partial charge in [-0.25, -0.2) is 0 Å². The van der Waals surface area contributed by atoms with Gasteiger partial charge in [-0.05, 0) is 24.5 Å². The lowest BCUT2D eigenvalue weighted by molar-refractivity contribution is -0.102. The van der Waals surface area contributed by atoms with E-state index >= 15 is 0 Å². The van der Waals surface area contributed by atoms with Crippen molar-refractivity contribution in [1.29, 1.82) is 0 Å². The molecule has 2 aliphatic heterocycles. The van der Waals surface area contributed by atoms with Crippen molar-refractivity contribution in [2.75, 3.05) is 26.4 Å². The van der Waals surface area contributed by atoms with Crippen LogP contribution in [-0.2, 0) is 38.3 Å². The summed E-state index contributed by atoms with van der Waals surface area (Å²) in [6.07, 6.45) is 0.485. The molecule has 0 bridgehead atoms. The van der Waals surface area contributed by atoms with E-state index < -0.39 is 15.9 Å². The van der Waals surface area contributed by atoms with Gasteiger partial charge in [0.1, 0.15) is 18.5 Å². The van der Waals surface area contributed by atoms with Crippen LogP contribution in [0.3, 0.4) is 0 Å². The number of hydrogen-bond donors (Lipinski definition) is 1. The van der Waals surface area contributed by atoms with E-state index in [9.17, 15) is 13.2 Å². The molecule has 0 saturated carbocycles. The fourth-order valence-corrected chi connectivity index (χ4v) is 4.45. The maximum absolute atomic E-state index is 12.6. The number of fused-ring (bicyclic) bond motifs is 3. The number of ether oxygens (including phenoxy) is 3. The summed E-state index contributed by atoms with van der Waals surface area (Å²) in [6, 6.07) is 6.74. The second kappa shape index (κ2) is 7.91. The molecule has 1 aromatic heterocycles.